The van der Waals surface area contributed by atoms with Crippen LogP contribution in [0.1, 0.15) is 9.88 Å². The van der Waals surface area contributed by atoms with Crippen LogP contribution in [0.25, 0.3) is 0 Å². The molecule has 20 heavy (non-hydrogen) atoms. The van der Waals surface area contributed by atoms with Gasteiger partial charge < -0.3 is 10.6 Å². The largest absolute Gasteiger partial charge is 0.331 e. The van der Waals surface area contributed by atoms with E-state index in [-0.39, 0.29) is 16.7 Å². The molecule has 2 rings (SSSR count). The predicted octanol–water partition coefficient (Wildman–Crippen LogP) is 3.81. The van der Waals surface area contributed by atoms with E-state index in [1.165, 1.54) is 11.3 Å². The normalized spacial score (nSPS) is 10.4. The second-order valence-corrected chi connectivity index (χ2v) is 6.09. The number of anilines is 1. The molecule has 1 heterocycles. The SMILES string of the molecule is Cc1cnc(CNC(=O)Nc2c(F)cc(F)cc2Br)s1. The third-order valence-electron chi connectivity index (χ3n) is 2.31. The number of amides is 2. The van der Waals surface area contributed by atoms with Crippen LogP contribution >= 0.6 is 27.3 Å². The second kappa shape index (κ2) is 6.27. The van der Waals surface area contributed by atoms with Crippen molar-refractivity contribution in [1.82, 2.24) is 10.3 Å². The lowest BCUT2D eigenvalue weighted by Crippen LogP contribution is -2.28. The molecule has 8 heteroatoms. The number of urea groups is 1. The average Bonchev–Trinajstić information content (AvgIpc) is 2.77. The molecule has 1 aromatic heterocycles. The molecule has 2 amide bonds. The number of nitrogens with one attached hydrogen (secondary N) is 2. The summed E-state index contributed by atoms with van der Waals surface area (Å²) in [5, 5.41) is 5.61. The number of aryl methyl sites for hydroxylation is 1. The van der Waals surface area contributed by atoms with Crippen molar-refractivity contribution in [2.75, 3.05) is 5.32 Å². The minimum atomic E-state index is -0.850. The van der Waals surface area contributed by atoms with E-state index in [9.17, 15) is 13.6 Å². The lowest BCUT2D eigenvalue weighted by molar-refractivity contribution is 0.251. The molecule has 0 bridgehead atoms. The lowest BCUT2D eigenvalue weighted by atomic mass is 10.3. The van der Waals surface area contributed by atoms with Crippen LogP contribution in [0, 0.1) is 18.6 Å². The molecule has 0 saturated heterocycles. The van der Waals surface area contributed by atoms with Gasteiger partial charge in [-0.05, 0) is 28.9 Å². The maximum atomic E-state index is 13.5. The molecule has 0 radical (unpaired) electrons. The topological polar surface area (TPSA) is 54.0 Å². The first kappa shape index (κ1) is 14.9. The Kier molecular flexibility index (Phi) is 4.66. The van der Waals surface area contributed by atoms with Crippen molar-refractivity contribution in [3.63, 3.8) is 0 Å². The Morgan fingerprint density at radius 1 is 1.45 bits per heavy atom. The summed E-state index contributed by atoms with van der Waals surface area (Å²) in [5.41, 5.74) is -0.112. The van der Waals surface area contributed by atoms with Gasteiger partial charge in [-0.15, -0.1) is 11.3 Å². The molecule has 0 aliphatic carbocycles. The number of rotatable bonds is 3. The molecule has 4 nitrogen and oxygen atoms in total. The highest BCUT2D eigenvalue weighted by Crippen LogP contribution is 2.26. The minimum Gasteiger partial charge on any atom is -0.331 e. The van der Waals surface area contributed by atoms with Crippen LogP contribution in [0.3, 0.4) is 0 Å². The summed E-state index contributed by atoms with van der Waals surface area (Å²) >= 11 is 4.45. The van der Waals surface area contributed by atoms with E-state index < -0.39 is 17.7 Å². The lowest BCUT2D eigenvalue weighted by Gasteiger charge is -2.09. The number of benzene rings is 1. The number of nitrogens with zero attached hydrogens (tertiary/aromatic N) is 1. The number of hydrogen-bond donors (Lipinski definition) is 2. The van der Waals surface area contributed by atoms with Gasteiger partial charge in [0, 0.05) is 21.6 Å². The maximum absolute atomic E-state index is 13.5. The van der Waals surface area contributed by atoms with Gasteiger partial charge in [0.15, 0.2) is 5.82 Å². The average molecular weight is 362 g/mol. The molecule has 0 unspecified atom stereocenters. The summed E-state index contributed by atoms with van der Waals surface area (Å²) in [6, 6.07) is 1.18. The van der Waals surface area contributed by atoms with E-state index in [1.807, 2.05) is 6.92 Å². The number of carbonyl (C=O) groups is 1. The number of hydrogen-bond acceptors (Lipinski definition) is 3. The van der Waals surface area contributed by atoms with E-state index in [2.05, 4.69) is 31.5 Å². The highest BCUT2D eigenvalue weighted by Gasteiger charge is 2.12. The predicted molar refractivity (Wildman–Crippen MR) is 76.8 cm³/mol. The summed E-state index contributed by atoms with van der Waals surface area (Å²) < 4.78 is 26.6. The smallest absolute Gasteiger partial charge is 0.319 e. The zero-order valence-corrected chi connectivity index (χ0v) is 12.7. The van der Waals surface area contributed by atoms with Gasteiger partial charge in [-0.2, -0.15) is 0 Å². The Morgan fingerprint density at radius 3 is 2.80 bits per heavy atom. The van der Waals surface area contributed by atoms with Crippen molar-refractivity contribution in [1.29, 1.82) is 0 Å². The number of aromatic nitrogens is 1. The zero-order valence-electron chi connectivity index (χ0n) is 10.3. The molecule has 0 fully saturated rings. The van der Waals surface area contributed by atoms with E-state index in [4.69, 9.17) is 0 Å². The highest BCUT2D eigenvalue weighted by molar-refractivity contribution is 9.10. The van der Waals surface area contributed by atoms with Crippen LogP contribution in [0.5, 0.6) is 0 Å². The van der Waals surface area contributed by atoms with E-state index in [0.717, 1.165) is 16.0 Å². The molecule has 0 spiro atoms. The van der Waals surface area contributed by atoms with Crippen LogP contribution in [-0.4, -0.2) is 11.0 Å². The third kappa shape index (κ3) is 3.73. The van der Waals surface area contributed by atoms with Gasteiger partial charge in [0.05, 0.1) is 12.2 Å². The summed E-state index contributed by atoms with van der Waals surface area (Å²) in [5.74, 6) is -1.57. The van der Waals surface area contributed by atoms with Crippen molar-refractivity contribution in [3.8, 4) is 0 Å². The Morgan fingerprint density at radius 2 is 2.20 bits per heavy atom. The van der Waals surface area contributed by atoms with Crippen LogP contribution in [0.4, 0.5) is 19.3 Å². The van der Waals surface area contributed by atoms with Crippen LogP contribution in [0.15, 0.2) is 22.8 Å². The molecule has 0 aliphatic rings. The molecule has 1 aromatic carbocycles. The number of carbonyl (C=O) groups excluding carboxylic acids is 1. The summed E-state index contributed by atoms with van der Waals surface area (Å²) in [6.45, 7) is 2.15. The highest BCUT2D eigenvalue weighted by atomic mass is 79.9. The van der Waals surface area contributed by atoms with Crippen molar-refractivity contribution in [3.05, 3.63) is 44.3 Å². The summed E-state index contributed by atoms with van der Waals surface area (Å²) in [4.78, 5) is 16.8. The Hall–Kier alpha value is -1.54. The van der Waals surface area contributed by atoms with E-state index >= 15 is 0 Å². The monoisotopic (exact) mass is 361 g/mol. The molecular formula is C12H10BrF2N3OS. The molecule has 0 aliphatic heterocycles. The minimum absolute atomic E-state index is 0.112. The number of thiazole rings is 1. The van der Waals surface area contributed by atoms with Gasteiger partial charge >= 0.3 is 6.03 Å². The quantitative estimate of drug-likeness (QED) is 0.873. The second-order valence-electron chi connectivity index (χ2n) is 3.92. The van der Waals surface area contributed by atoms with Gasteiger partial charge in [-0.3, -0.25) is 0 Å². The van der Waals surface area contributed by atoms with E-state index in [1.54, 1.807) is 6.20 Å². The van der Waals surface area contributed by atoms with Crippen molar-refractivity contribution in [2.45, 2.75) is 13.5 Å². The van der Waals surface area contributed by atoms with Gasteiger partial charge in [-0.25, -0.2) is 18.6 Å². The molecule has 0 saturated carbocycles. The standard InChI is InChI=1S/C12H10BrF2N3OS/c1-6-4-16-10(20-6)5-17-12(19)18-11-8(13)2-7(14)3-9(11)15/h2-4H,5H2,1H3,(H2,17,18,19). The fourth-order valence-electron chi connectivity index (χ4n) is 1.46. The third-order valence-corrected chi connectivity index (χ3v) is 3.85. The van der Waals surface area contributed by atoms with Crippen LogP contribution in [0.2, 0.25) is 0 Å². The Labute approximate surface area is 126 Å². The number of halogens is 3. The van der Waals surface area contributed by atoms with Crippen LogP contribution < -0.4 is 10.6 Å². The van der Waals surface area contributed by atoms with Crippen molar-refractivity contribution >= 4 is 39.0 Å². The maximum Gasteiger partial charge on any atom is 0.319 e. The Bertz CT molecular complexity index is 624. The zero-order chi connectivity index (χ0) is 14.7. The van der Waals surface area contributed by atoms with Gasteiger partial charge in [0.2, 0.25) is 0 Å². The molecule has 2 aromatic rings. The molecular weight excluding hydrogens is 352 g/mol. The van der Waals surface area contributed by atoms with Crippen molar-refractivity contribution in [2.24, 2.45) is 0 Å². The van der Waals surface area contributed by atoms with Gasteiger partial charge in [0.25, 0.3) is 0 Å². The summed E-state index contributed by atoms with van der Waals surface area (Å²) in [7, 11) is 0. The Balaban J connectivity index is 1.98. The van der Waals surface area contributed by atoms with Crippen molar-refractivity contribution < 1.29 is 13.6 Å². The van der Waals surface area contributed by atoms with Crippen LogP contribution in [-0.2, 0) is 6.54 Å². The summed E-state index contributed by atoms with van der Waals surface area (Å²) in [6.07, 6.45) is 1.70. The van der Waals surface area contributed by atoms with E-state index in [0.29, 0.717) is 6.07 Å². The molecule has 0 atom stereocenters. The fourth-order valence-corrected chi connectivity index (χ4v) is 2.69. The van der Waals surface area contributed by atoms with Gasteiger partial charge in [0.1, 0.15) is 10.8 Å². The molecule has 106 valence electrons. The first-order valence-corrected chi connectivity index (χ1v) is 7.17. The molecule has 2 N–H and O–H groups in total. The first-order chi connectivity index (χ1) is 9.45. The van der Waals surface area contributed by atoms with Gasteiger partial charge in [-0.1, -0.05) is 0 Å². The fraction of sp³-hybridized carbons (Fsp3) is 0.167. The first-order valence-electron chi connectivity index (χ1n) is 5.56.